The molecule has 4 heteroatoms. The van der Waals surface area contributed by atoms with Gasteiger partial charge in [-0.2, -0.15) is 4.57 Å². The lowest BCUT2D eigenvalue weighted by Gasteiger charge is -2.18. The Balaban J connectivity index is 0.923. The molecule has 2 heterocycles. The van der Waals surface area contributed by atoms with Gasteiger partial charge in [-0.1, -0.05) is 130 Å². The number of benzene rings is 4. The van der Waals surface area contributed by atoms with Crippen LogP contribution in [0.1, 0.15) is 86.2 Å². The summed E-state index contributed by atoms with van der Waals surface area (Å²) in [6, 6.07) is 43.8. The van der Waals surface area contributed by atoms with Gasteiger partial charge in [0.15, 0.2) is 5.69 Å². The van der Waals surface area contributed by atoms with Gasteiger partial charge in [0.1, 0.15) is 6.54 Å². The summed E-state index contributed by atoms with van der Waals surface area (Å²) in [6.45, 7) is 7.35. The maximum atomic E-state index is 4.66. The van der Waals surface area contributed by atoms with Gasteiger partial charge in [-0.15, -0.1) is 0 Å². The first-order valence-electron chi connectivity index (χ1n) is 18.5. The Morgan fingerprint density at radius 2 is 1.06 bits per heavy atom. The number of pyridine rings is 2. The van der Waals surface area contributed by atoms with Gasteiger partial charge < -0.3 is 10.6 Å². The van der Waals surface area contributed by atoms with Crippen molar-refractivity contribution in [1.29, 1.82) is 0 Å². The van der Waals surface area contributed by atoms with Crippen LogP contribution in [0.2, 0.25) is 0 Å². The van der Waals surface area contributed by atoms with Crippen molar-refractivity contribution in [2.24, 2.45) is 0 Å². The highest BCUT2D eigenvalue weighted by atomic mass is 15.0. The third-order valence-electron chi connectivity index (χ3n) is 9.89. The number of aromatic nitrogens is 2. The molecule has 0 fully saturated rings. The first-order valence-corrected chi connectivity index (χ1v) is 18.5. The number of nitrogens with one attached hydrogen (secondary N) is 2. The van der Waals surface area contributed by atoms with Crippen LogP contribution in [-0.4, -0.2) is 18.1 Å². The van der Waals surface area contributed by atoms with E-state index in [4.69, 9.17) is 0 Å². The van der Waals surface area contributed by atoms with Gasteiger partial charge in [-0.25, -0.2) is 0 Å². The Bertz CT molecular complexity index is 1860. The van der Waals surface area contributed by atoms with Crippen molar-refractivity contribution in [3.8, 4) is 0 Å². The van der Waals surface area contributed by atoms with Gasteiger partial charge in [0.2, 0.25) is 5.52 Å². The molecular formula is C45H53N4+. The normalized spacial score (nSPS) is 11.4. The summed E-state index contributed by atoms with van der Waals surface area (Å²) in [7, 11) is 0. The summed E-state index contributed by atoms with van der Waals surface area (Å²) in [6.07, 6.45) is 11.4. The zero-order valence-electron chi connectivity index (χ0n) is 29.5. The summed E-state index contributed by atoms with van der Waals surface area (Å²) in [5.41, 5.74) is 9.99. The molecule has 0 aliphatic carbocycles. The maximum absolute atomic E-state index is 4.66. The van der Waals surface area contributed by atoms with E-state index >= 15 is 0 Å². The largest absolute Gasteiger partial charge is 0.384 e. The van der Waals surface area contributed by atoms with Gasteiger partial charge >= 0.3 is 0 Å². The maximum Gasteiger partial charge on any atom is 0.214 e. The molecule has 0 amide bonds. The molecule has 0 radical (unpaired) electrons. The first kappa shape index (κ1) is 34.2. The summed E-state index contributed by atoms with van der Waals surface area (Å²) < 4.78 is 2.51. The topological polar surface area (TPSA) is 40.8 Å². The van der Waals surface area contributed by atoms with Crippen LogP contribution >= 0.6 is 0 Å². The van der Waals surface area contributed by atoms with Crippen LogP contribution in [0, 0.1) is 13.8 Å². The molecule has 4 aromatic carbocycles. The summed E-state index contributed by atoms with van der Waals surface area (Å²) in [4.78, 5) is 4.66. The van der Waals surface area contributed by atoms with Crippen molar-refractivity contribution in [2.75, 3.05) is 23.7 Å². The second-order valence-corrected chi connectivity index (χ2v) is 13.5. The lowest BCUT2D eigenvalue weighted by Crippen LogP contribution is -2.39. The van der Waals surface area contributed by atoms with Crippen LogP contribution in [0.15, 0.2) is 121 Å². The number of hydrogen-bond acceptors (Lipinski definition) is 3. The molecule has 6 rings (SSSR count). The van der Waals surface area contributed by atoms with Crippen LogP contribution in [0.4, 0.5) is 11.4 Å². The minimum Gasteiger partial charge on any atom is -0.384 e. The number of hydrogen-bond donors (Lipinski definition) is 2. The fourth-order valence-corrected chi connectivity index (χ4v) is 7.30. The van der Waals surface area contributed by atoms with Crippen molar-refractivity contribution < 1.29 is 4.57 Å². The Morgan fingerprint density at radius 1 is 0.551 bits per heavy atom. The molecule has 2 aromatic heterocycles. The molecule has 0 bridgehead atoms. The second-order valence-electron chi connectivity index (χ2n) is 13.5. The smallest absolute Gasteiger partial charge is 0.214 e. The summed E-state index contributed by atoms with van der Waals surface area (Å²) in [5, 5.41) is 9.99. The van der Waals surface area contributed by atoms with Gasteiger partial charge in [0.25, 0.3) is 0 Å². The highest BCUT2D eigenvalue weighted by Gasteiger charge is 2.21. The number of nitrogens with zero attached hydrogens (tertiary/aromatic N) is 2. The van der Waals surface area contributed by atoms with E-state index in [9.17, 15) is 0 Å². The van der Waals surface area contributed by atoms with E-state index in [2.05, 4.69) is 155 Å². The molecule has 0 aliphatic rings. The van der Waals surface area contributed by atoms with Gasteiger partial charge in [0.05, 0.1) is 16.6 Å². The standard InChI is InChI=1S/C45H52N4/c1-35-33-43(40-25-15-17-27-42(40)48-35)46-30-19-7-5-3-4-6-8-20-31-47-44-34-36(2)49(45-28-18-16-26-41(44)45)32-29-39(37-21-11-9-12-22-37)38-23-13-10-14-24-38/h9-18,21-28,33-34,39H,3-8,19-20,29-32H2,1-2H3,(H,46,48)/p+1. The molecule has 4 nitrogen and oxygen atoms in total. The Kier molecular flexibility index (Phi) is 12.3. The molecule has 0 aliphatic heterocycles. The predicted octanol–water partition coefficient (Wildman–Crippen LogP) is 11.2. The Labute approximate surface area is 293 Å². The lowest BCUT2D eigenvalue weighted by atomic mass is 9.88. The van der Waals surface area contributed by atoms with Gasteiger partial charge in [-0.05, 0) is 49.1 Å². The molecule has 49 heavy (non-hydrogen) atoms. The van der Waals surface area contributed by atoms with Crippen molar-refractivity contribution in [3.05, 3.63) is 144 Å². The van der Waals surface area contributed by atoms with E-state index in [1.165, 1.54) is 95.9 Å². The van der Waals surface area contributed by atoms with E-state index < -0.39 is 0 Å². The molecule has 0 atom stereocenters. The second kappa shape index (κ2) is 17.6. The molecule has 0 saturated carbocycles. The number of anilines is 2. The highest BCUT2D eigenvalue weighted by Crippen LogP contribution is 2.29. The molecule has 252 valence electrons. The minimum absolute atomic E-state index is 0.367. The number of unbranched alkanes of at least 4 members (excludes halogenated alkanes) is 7. The third kappa shape index (κ3) is 9.26. The van der Waals surface area contributed by atoms with Crippen LogP contribution in [0.25, 0.3) is 21.8 Å². The van der Waals surface area contributed by atoms with Crippen molar-refractivity contribution >= 4 is 33.2 Å². The van der Waals surface area contributed by atoms with Crippen LogP contribution < -0.4 is 15.2 Å². The minimum atomic E-state index is 0.367. The predicted molar refractivity (Wildman–Crippen MR) is 209 cm³/mol. The monoisotopic (exact) mass is 649 g/mol. The highest BCUT2D eigenvalue weighted by molar-refractivity contribution is 5.91. The van der Waals surface area contributed by atoms with Gasteiger partial charge in [-0.3, -0.25) is 4.98 Å². The van der Waals surface area contributed by atoms with E-state index in [-0.39, 0.29) is 0 Å². The van der Waals surface area contributed by atoms with Crippen molar-refractivity contribution in [1.82, 2.24) is 4.98 Å². The average Bonchev–Trinajstić information content (AvgIpc) is 3.14. The summed E-state index contributed by atoms with van der Waals surface area (Å²) >= 11 is 0. The van der Waals surface area contributed by atoms with E-state index in [1.54, 1.807) is 0 Å². The molecule has 6 aromatic rings. The molecule has 2 N–H and O–H groups in total. The number of para-hydroxylation sites is 2. The zero-order chi connectivity index (χ0) is 33.7. The summed E-state index contributed by atoms with van der Waals surface area (Å²) in [5.74, 6) is 0.367. The SMILES string of the molecule is Cc1cc(NCCCCCCCCCCNc2cc(C)[n+](CCC(c3ccccc3)c3ccccc3)c3ccccc23)c2ccccc2n1. The van der Waals surface area contributed by atoms with Crippen LogP contribution in [0.5, 0.6) is 0 Å². The van der Waals surface area contributed by atoms with E-state index in [1.807, 2.05) is 0 Å². The molecule has 0 saturated heterocycles. The average molecular weight is 650 g/mol. The van der Waals surface area contributed by atoms with Gasteiger partial charge in [0, 0.05) is 61.3 Å². The van der Waals surface area contributed by atoms with Crippen LogP contribution in [0.3, 0.4) is 0 Å². The van der Waals surface area contributed by atoms with E-state index in [0.29, 0.717) is 5.92 Å². The number of aryl methyl sites for hydroxylation is 3. The fourth-order valence-electron chi connectivity index (χ4n) is 7.30. The number of fused-ring (bicyclic) bond motifs is 2. The number of rotatable bonds is 18. The van der Waals surface area contributed by atoms with Crippen molar-refractivity contribution in [2.45, 2.75) is 84.1 Å². The Hall–Kier alpha value is -4.70. The quantitative estimate of drug-likeness (QED) is 0.0719. The lowest BCUT2D eigenvalue weighted by molar-refractivity contribution is -0.678. The fraction of sp³-hybridized carbons (Fsp3) is 0.333. The molecular weight excluding hydrogens is 597 g/mol. The molecule has 0 unspecified atom stereocenters. The zero-order valence-corrected chi connectivity index (χ0v) is 29.5. The van der Waals surface area contributed by atoms with Crippen LogP contribution in [-0.2, 0) is 6.54 Å². The Morgan fingerprint density at radius 3 is 1.69 bits per heavy atom. The third-order valence-corrected chi connectivity index (χ3v) is 9.89. The first-order chi connectivity index (χ1) is 24.2. The molecule has 0 spiro atoms. The van der Waals surface area contributed by atoms with Crippen molar-refractivity contribution in [3.63, 3.8) is 0 Å². The van der Waals surface area contributed by atoms with E-state index in [0.717, 1.165) is 37.3 Å².